The number of benzene rings is 1. The van der Waals surface area contributed by atoms with E-state index in [0.717, 1.165) is 62.5 Å². The molecule has 0 spiro atoms. The average molecular weight is 399 g/mol. The maximum Gasteiger partial charge on any atom is 0.226 e. The van der Waals surface area contributed by atoms with Gasteiger partial charge in [-0.05, 0) is 54.7 Å². The molecule has 1 amide bonds. The number of hydrogen-bond donors (Lipinski definition) is 0. The molecule has 1 fully saturated rings. The van der Waals surface area contributed by atoms with E-state index in [4.69, 9.17) is 0 Å². The third kappa shape index (κ3) is 3.77. The van der Waals surface area contributed by atoms with Gasteiger partial charge in [-0.15, -0.1) is 10.2 Å². The molecule has 0 bridgehead atoms. The van der Waals surface area contributed by atoms with Gasteiger partial charge in [-0.2, -0.15) is 0 Å². The predicted octanol–water partition coefficient (Wildman–Crippen LogP) is 3.34. The summed E-state index contributed by atoms with van der Waals surface area (Å²) in [5, 5.41) is 8.80. The van der Waals surface area contributed by atoms with Crippen LogP contribution in [0.1, 0.15) is 24.0 Å². The number of carbonyl (C=O) groups excluding carboxylic acids is 1. The van der Waals surface area contributed by atoms with Gasteiger partial charge in [0.1, 0.15) is 0 Å². The molecule has 152 valence electrons. The van der Waals surface area contributed by atoms with Gasteiger partial charge in [0.2, 0.25) is 5.91 Å². The molecule has 6 nitrogen and oxygen atoms in total. The van der Waals surface area contributed by atoms with Gasteiger partial charge in [0.25, 0.3) is 0 Å². The summed E-state index contributed by atoms with van der Waals surface area (Å²) >= 11 is 0. The molecule has 1 saturated heterocycles. The van der Waals surface area contributed by atoms with Crippen molar-refractivity contribution in [2.45, 2.75) is 25.8 Å². The summed E-state index contributed by atoms with van der Waals surface area (Å²) in [5.74, 6) is 1.30. The summed E-state index contributed by atoms with van der Waals surface area (Å²) in [6, 6.07) is 16.3. The minimum Gasteiger partial charge on any atom is -0.355 e. The summed E-state index contributed by atoms with van der Waals surface area (Å²) in [7, 11) is 0. The molecule has 4 heterocycles. The van der Waals surface area contributed by atoms with Crippen LogP contribution in [-0.4, -0.2) is 45.6 Å². The molecular formula is C24H25N5O. The lowest BCUT2D eigenvalue weighted by atomic mass is 9.93. The second-order valence-corrected chi connectivity index (χ2v) is 8.05. The van der Waals surface area contributed by atoms with Crippen molar-refractivity contribution in [3.8, 4) is 11.3 Å². The van der Waals surface area contributed by atoms with E-state index in [1.807, 2.05) is 29.2 Å². The Morgan fingerprint density at radius 1 is 0.867 bits per heavy atom. The lowest BCUT2D eigenvalue weighted by Crippen LogP contribution is -2.44. The highest BCUT2D eigenvalue weighted by Crippen LogP contribution is 2.27. The molecule has 0 saturated carbocycles. The van der Waals surface area contributed by atoms with Crippen molar-refractivity contribution in [2.24, 2.45) is 5.92 Å². The van der Waals surface area contributed by atoms with E-state index in [2.05, 4.69) is 44.3 Å². The molecule has 2 aliphatic heterocycles. The molecule has 6 heteroatoms. The molecule has 0 atom stereocenters. The van der Waals surface area contributed by atoms with Crippen LogP contribution in [0.4, 0.5) is 5.82 Å². The first-order valence-corrected chi connectivity index (χ1v) is 10.6. The zero-order valence-electron chi connectivity index (χ0n) is 16.9. The SMILES string of the molecule is O=C(C1CCN(c2ccc(-c3ccncc3)nn2)CC1)N1CCc2ccccc2C1. The van der Waals surface area contributed by atoms with Crippen LogP contribution in [0.3, 0.4) is 0 Å². The van der Waals surface area contributed by atoms with Crippen molar-refractivity contribution in [1.82, 2.24) is 20.1 Å². The Hall–Kier alpha value is -3.28. The Labute approximate surface area is 176 Å². The number of pyridine rings is 1. The largest absolute Gasteiger partial charge is 0.355 e. The Bertz CT molecular complexity index is 1010. The van der Waals surface area contributed by atoms with Crippen molar-refractivity contribution in [3.63, 3.8) is 0 Å². The fraction of sp³-hybridized carbons (Fsp3) is 0.333. The highest BCUT2D eigenvalue weighted by atomic mass is 16.2. The number of hydrogen-bond acceptors (Lipinski definition) is 5. The smallest absolute Gasteiger partial charge is 0.226 e. The lowest BCUT2D eigenvalue weighted by Gasteiger charge is -2.36. The first kappa shape index (κ1) is 18.7. The molecule has 0 N–H and O–H groups in total. The van der Waals surface area contributed by atoms with Crippen molar-refractivity contribution in [2.75, 3.05) is 24.5 Å². The van der Waals surface area contributed by atoms with Crippen LogP contribution in [0.2, 0.25) is 0 Å². The predicted molar refractivity (Wildman–Crippen MR) is 116 cm³/mol. The lowest BCUT2D eigenvalue weighted by molar-refractivity contribution is -0.137. The zero-order valence-corrected chi connectivity index (χ0v) is 16.9. The topological polar surface area (TPSA) is 62.2 Å². The molecule has 2 aliphatic rings. The summed E-state index contributed by atoms with van der Waals surface area (Å²) < 4.78 is 0. The fourth-order valence-electron chi connectivity index (χ4n) is 4.47. The van der Waals surface area contributed by atoms with E-state index in [-0.39, 0.29) is 5.92 Å². The minimum absolute atomic E-state index is 0.107. The fourth-order valence-corrected chi connectivity index (χ4v) is 4.47. The third-order valence-corrected chi connectivity index (χ3v) is 6.24. The van der Waals surface area contributed by atoms with Crippen molar-refractivity contribution >= 4 is 11.7 Å². The molecule has 30 heavy (non-hydrogen) atoms. The van der Waals surface area contributed by atoms with Gasteiger partial charge < -0.3 is 9.80 Å². The van der Waals surface area contributed by atoms with Gasteiger partial charge in [-0.3, -0.25) is 9.78 Å². The molecule has 0 unspecified atom stereocenters. The van der Waals surface area contributed by atoms with E-state index in [1.165, 1.54) is 11.1 Å². The monoisotopic (exact) mass is 399 g/mol. The zero-order chi connectivity index (χ0) is 20.3. The Morgan fingerprint density at radius 3 is 2.37 bits per heavy atom. The van der Waals surface area contributed by atoms with Crippen molar-refractivity contribution < 1.29 is 4.79 Å². The molecular weight excluding hydrogens is 374 g/mol. The second kappa shape index (κ2) is 8.22. The van der Waals surface area contributed by atoms with E-state index >= 15 is 0 Å². The number of aromatic nitrogens is 3. The quantitative estimate of drug-likeness (QED) is 0.676. The van der Waals surface area contributed by atoms with Gasteiger partial charge in [0, 0.05) is 50.1 Å². The number of amides is 1. The Balaban J connectivity index is 1.19. The van der Waals surface area contributed by atoms with E-state index in [9.17, 15) is 4.79 Å². The summed E-state index contributed by atoms with van der Waals surface area (Å²) in [5.41, 5.74) is 4.53. The third-order valence-electron chi connectivity index (χ3n) is 6.24. The van der Waals surface area contributed by atoms with E-state index < -0.39 is 0 Å². The summed E-state index contributed by atoms with van der Waals surface area (Å²) in [6.07, 6.45) is 6.21. The van der Waals surface area contributed by atoms with Crippen molar-refractivity contribution in [3.05, 3.63) is 72.1 Å². The van der Waals surface area contributed by atoms with Gasteiger partial charge in [0.15, 0.2) is 5.82 Å². The minimum atomic E-state index is 0.107. The van der Waals surface area contributed by atoms with Crippen LogP contribution in [0.15, 0.2) is 60.9 Å². The highest BCUT2D eigenvalue weighted by Gasteiger charge is 2.30. The van der Waals surface area contributed by atoms with Crippen LogP contribution < -0.4 is 4.90 Å². The molecule has 2 aromatic heterocycles. The standard InChI is InChI=1S/C24H25N5O/c30-24(29-16-9-18-3-1-2-4-21(18)17-29)20-10-14-28(15-11-20)23-6-5-22(26-27-23)19-7-12-25-13-8-19/h1-8,12-13,20H,9-11,14-17H2. The number of rotatable bonds is 3. The number of anilines is 1. The maximum absolute atomic E-state index is 13.1. The Kier molecular flexibility index (Phi) is 5.13. The van der Waals surface area contributed by atoms with Gasteiger partial charge >= 0.3 is 0 Å². The van der Waals surface area contributed by atoms with Crippen LogP contribution in [-0.2, 0) is 17.8 Å². The first-order chi connectivity index (χ1) is 14.8. The molecule has 1 aromatic carbocycles. The first-order valence-electron chi connectivity index (χ1n) is 10.6. The van der Waals surface area contributed by atoms with Crippen LogP contribution in [0.5, 0.6) is 0 Å². The van der Waals surface area contributed by atoms with Crippen molar-refractivity contribution in [1.29, 1.82) is 0 Å². The van der Waals surface area contributed by atoms with E-state index in [1.54, 1.807) is 12.4 Å². The molecule has 5 rings (SSSR count). The van der Waals surface area contributed by atoms with Gasteiger partial charge in [-0.25, -0.2) is 0 Å². The highest BCUT2D eigenvalue weighted by molar-refractivity contribution is 5.79. The van der Waals surface area contributed by atoms with Gasteiger partial charge in [-0.1, -0.05) is 24.3 Å². The number of piperidine rings is 1. The van der Waals surface area contributed by atoms with Gasteiger partial charge in [0.05, 0.1) is 5.69 Å². The number of fused-ring (bicyclic) bond motifs is 1. The molecule has 0 radical (unpaired) electrons. The van der Waals surface area contributed by atoms with Crippen LogP contribution in [0.25, 0.3) is 11.3 Å². The summed E-state index contributed by atoms with van der Waals surface area (Å²) in [4.78, 5) is 21.4. The number of carbonyl (C=O) groups is 1. The average Bonchev–Trinajstić information content (AvgIpc) is 2.84. The summed E-state index contributed by atoms with van der Waals surface area (Å²) in [6.45, 7) is 3.25. The normalized spacial score (nSPS) is 16.9. The van der Waals surface area contributed by atoms with Crippen LogP contribution >= 0.6 is 0 Å². The van der Waals surface area contributed by atoms with E-state index in [0.29, 0.717) is 5.91 Å². The Morgan fingerprint density at radius 2 is 1.63 bits per heavy atom. The molecule has 0 aliphatic carbocycles. The maximum atomic E-state index is 13.1. The molecule has 3 aromatic rings. The van der Waals surface area contributed by atoms with Crippen LogP contribution in [0, 0.1) is 5.92 Å². The second-order valence-electron chi connectivity index (χ2n) is 8.05. The number of nitrogens with zero attached hydrogens (tertiary/aromatic N) is 5.